The van der Waals surface area contributed by atoms with Gasteiger partial charge in [0.25, 0.3) is 0 Å². The third kappa shape index (κ3) is 5.28. The molecule has 0 N–H and O–H groups in total. The lowest BCUT2D eigenvalue weighted by molar-refractivity contribution is -0.136. The SMILES string of the molecule is COc1cc(/C=C/C(=O)OCC(=O)c2ccc3c(c2)OCO3)ccc1OC(C)C. The molecule has 0 spiro atoms. The predicted octanol–water partition coefficient (Wildman–Crippen LogP) is 3.65. The highest BCUT2D eigenvalue weighted by atomic mass is 16.7. The van der Waals surface area contributed by atoms with Gasteiger partial charge in [0.05, 0.1) is 13.2 Å². The van der Waals surface area contributed by atoms with Crippen LogP contribution in [0.3, 0.4) is 0 Å². The zero-order chi connectivity index (χ0) is 20.8. The molecule has 0 radical (unpaired) electrons. The highest BCUT2D eigenvalue weighted by Crippen LogP contribution is 2.32. The molecule has 152 valence electrons. The van der Waals surface area contributed by atoms with E-state index in [-0.39, 0.29) is 25.3 Å². The normalized spacial score (nSPS) is 12.3. The second kappa shape index (κ2) is 9.14. The van der Waals surface area contributed by atoms with Crippen molar-refractivity contribution in [2.75, 3.05) is 20.5 Å². The lowest BCUT2D eigenvalue weighted by Gasteiger charge is -2.13. The first kappa shape index (κ1) is 20.3. The molecule has 2 aromatic carbocycles. The van der Waals surface area contributed by atoms with Gasteiger partial charge in [0.2, 0.25) is 6.79 Å². The van der Waals surface area contributed by atoms with Gasteiger partial charge in [-0.2, -0.15) is 0 Å². The molecule has 3 rings (SSSR count). The van der Waals surface area contributed by atoms with Crippen LogP contribution in [0.2, 0.25) is 0 Å². The summed E-state index contributed by atoms with van der Waals surface area (Å²) in [6.45, 7) is 3.61. The molecule has 0 saturated carbocycles. The lowest BCUT2D eigenvalue weighted by atomic mass is 10.1. The molecule has 0 bridgehead atoms. The topological polar surface area (TPSA) is 80.3 Å². The van der Waals surface area contributed by atoms with Crippen molar-refractivity contribution in [3.8, 4) is 23.0 Å². The minimum absolute atomic E-state index is 0.0163. The largest absolute Gasteiger partial charge is 0.493 e. The van der Waals surface area contributed by atoms with E-state index in [0.29, 0.717) is 28.6 Å². The number of hydrogen-bond donors (Lipinski definition) is 0. The first-order valence-electron chi connectivity index (χ1n) is 9.08. The second-order valence-electron chi connectivity index (χ2n) is 6.51. The molecule has 7 heteroatoms. The number of esters is 1. The Labute approximate surface area is 168 Å². The quantitative estimate of drug-likeness (QED) is 0.381. The fourth-order valence-corrected chi connectivity index (χ4v) is 2.64. The summed E-state index contributed by atoms with van der Waals surface area (Å²) in [6, 6.07) is 10.1. The van der Waals surface area contributed by atoms with Gasteiger partial charge in [-0.05, 0) is 55.8 Å². The zero-order valence-corrected chi connectivity index (χ0v) is 16.5. The van der Waals surface area contributed by atoms with Crippen molar-refractivity contribution in [3.63, 3.8) is 0 Å². The van der Waals surface area contributed by atoms with Gasteiger partial charge in [-0.3, -0.25) is 4.79 Å². The van der Waals surface area contributed by atoms with Crippen molar-refractivity contribution in [3.05, 3.63) is 53.6 Å². The van der Waals surface area contributed by atoms with Crippen molar-refractivity contribution >= 4 is 17.8 Å². The Bertz CT molecular complexity index is 931. The number of carbonyl (C=O) groups is 2. The van der Waals surface area contributed by atoms with Crippen LogP contribution >= 0.6 is 0 Å². The van der Waals surface area contributed by atoms with Crippen LogP contribution in [-0.4, -0.2) is 38.4 Å². The fourth-order valence-electron chi connectivity index (χ4n) is 2.64. The molecule has 0 unspecified atom stereocenters. The van der Waals surface area contributed by atoms with E-state index in [1.54, 1.807) is 49.6 Å². The maximum atomic E-state index is 12.2. The minimum Gasteiger partial charge on any atom is -0.493 e. The minimum atomic E-state index is -0.624. The Kier molecular flexibility index (Phi) is 6.39. The third-order valence-corrected chi connectivity index (χ3v) is 4.00. The van der Waals surface area contributed by atoms with Crippen molar-refractivity contribution < 1.29 is 33.3 Å². The van der Waals surface area contributed by atoms with E-state index in [9.17, 15) is 9.59 Å². The maximum absolute atomic E-state index is 12.2. The Morgan fingerprint density at radius 2 is 1.86 bits per heavy atom. The Balaban J connectivity index is 1.56. The molecule has 7 nitrogen and oxygen atoms in total. The molecule has 0 fully saturated rings. The van der Waals surface area contributed by atoms with Crippen LogP contribution in [0.15, 0.2) is 42.5 Å². The smallest absolute Gasteiger partial charge is 0.331 e. The molecule has 0 aromatic heterocycles. The molecule has 1 aliphatic rings. The Hall–Kier alpha value is -3.48. The van der Waals surface area contributed by atoms with E-state index in [1.807, 2.05) is 13.8 Å². The summed E-state index contributed by atoms with van der Waals surface area (Å²) in [5.41, 5.74) is 1.12. The van der Waals surface area contributed by atoms with E-state index >= 15 is 0 Å². The highest BCUT2D eigenvalue weighted by molar-refractivity contribution is 5.99. The van der Waals surface area contributed by atoms with E-state index in [1.165, 1.54) is 6.08 Å². The molecule has 0 saturated heterocycles. The van der Waals surface area contributed by atoms with E-state index in [0.717, 1.165) is 5.56 Å². The van der Waals surface area contributed by atoms with E-state index < -0.39 is 5.97 Å². The summed E-state index contributed by atoms with van der Waals surface area (Å²) in [7, 11) is 1.55. The molecule has 2 aromatic rings. The average Bonchev–Trinajstić information content (AvgIpc) is 3.18. The monoisotopic (exact) mass is 398 g/mol. The van der Waals surface area contributed by atoms with Gasteiger partial charge in [0.1, 0.15) is 0 Å². The summed E-state index contributed by atoms with van der Waals surface area (Å²) in [5, 5.41) is 0. The van der Waals surface area contributed by atoms with Crippen molar-refractivity contribution in [1.29, 1.82) is 0 Å². The van der Waals surface area contributed by atoms with Crippen LogP contribution in [0.1, 0.15) is 29.8 Å². The number of Topliss-reactive ketones (excluding diaryl/α,β-unsaturated/α-hetero) is 1. The number of carbonyl (C=O) groups excluding carboxylic acids is 2. The first-order valence-corrected chi connectivity index (χ1v) is 9.08. The van der Waals surface area contributed by atoms with Crippen molar-refractivity contribution in [2.24, 2.45) is 0 Å². The van der Waals surface area contributed by atoms with Crippen LogP contribution < -0.4 is 18.9 Å². The summed E-state index contributed by atoms with van der Waals surface area (Å²) in [4.78, 5) is 24.1. The second-order valence-corrected chi connectivity index (χ2v) is 6.51. The number of fused-ring (bicyclic) bond motifs is 1. The van der Waals surface area contributed by atoms with Gasteiger partial charge in [-0.15, -0.1) is 0 Å². The number of ether oxygens (including phenoxy) is 5. The molecule has 0 atom stereocenters. The van der Waals surface area contributed by atoms with Crippen LogP contribution in [0.5, 0.6) is 23.0 Å². The third-order valence-electron chi connectivity index (χ3n) is 4.00. The molecule has 1 aliphatic heterocycles. The van der Waals surface area contributed by atoms with Crippen molar-refractivity contribution in [2.45, 2.75) is 20.0 Å². The molecular formula is C22H22O7. The van der Waals surface area contributed by atoms with E-state index in [2.05, 4.69) is 0 Å². The Morgan fingerprint density at radius 1 is 1.07 bits per heavy atom. The van der Waals surface area contributed by atoms with Gasteiger partial charge in [-0.1, -0.05) is 6.07 Å². The predicted molar refractivity (Wildman–Crippen MR) is 106 cm³/mol. The van der Waals surface area contributed by atoms with Crippen LogP contribution in [0.25, 0.3) is 6.08 Å². The number of ketones is 1. The van der Waals surface area contributed by atoms with E-state index in [4.69, 9.17) is 23.7 Å². The van der Waals surface area contributed by atoms with Crippen molar-refractivity contribution in [1.82, 2.24) is 0 Å². The maximum Gasteiger partial charge on any atom is 0.331 e. The number of rotatable bonds is 8. The molecule has 0 amide bonds. The standard InChI is InChI=1S/C22H22O7/c1-14(2)29-19-7-4-15(10-20(19)25-3)5-9-22(24)26-12-17(23)16-6-8-18-21(11-16)28-13-27-18/h4-11,14H,12-13H2,1-3H3/b9-5+. The molecular weight excluding hydrogens is 376 g/mol. The summed E-state index contributed by atoms with van der Waals surface area (Å²) in [5.74, 6) is 1.31. The first-order chi connectivity index (χ1) is 14.0. The van der Waals surface area contributed by atoms with Gasteiger partial charge in [0.15, 0.2) is 35.4 Å². The Morgan fingerprint density at radius 3 is 2.62 bits per heavy atom. The van der Waals surface area contributed by atoms with Crippen LogP contribution in [0.4, 0.5) is 0 Å². The number of benzene rings is 2. The lowest BCUT2D eigenvalue weighted by Crippen LogP contribution is -2.12. The molecule has 0 aliphatic carbocycles. The van der Waals surface area contributed by atoms with Gasteiger partial charge in [-0.25, -0.2) is 4.79 Å². The number of hydrogen-bond acceptors (Lipinski definition) is 7. The molecule has 29 heavy (non-hydrogen) atoms. The summed E-state index contributed by atoms with van der Waals surface area (Å²) < 4.78 is 26.4. The number of methoxy groups -OCH3 is 1. The highest BCUT2D eigenvalue weighted by Gasteiger charge is 2.17. The van der Waals surface area contributed by atoms with Crippen LogP contribution in [0, 0.1) is 0 Å². The fraction of sp³-hybridized carbons (Fsp3) is 0.273. The van der Waals surface area contributed by atoms with Gasteiger partial charge < -0.3 is 23.7 Å². The zero-order valence-electron chi connectivity index (χ0n) is 16.5. The molecule has 1 heterocycles. The van der Waals surface area contributed by atoms with Crippen LogP contribution in [-0.2, 0) is 9.53 Å². The van der Waals surface area contributed by atoms with Gasteiger partial charge in [0, 0.05) is 11.6 Å². The summed E-state index contributed by atoms with van der Waals surface area (Å²) in [6.07, 6.45) is 2.85. The average molecular weight is 398 g/mol. The summed E-state index contributed by atoms with van der Waals surface area (Å²) >= 11 is 0. The van der Waals surface area contributed by atoms with Gasteiger partial charge >= 0.3 is 5.97 Å².